The van der Waals surface area contributed by atoms with Gasteiger partial charge in [0.05, 0.1) is 12.2 Å². The quantitative estimate of drug-likeness (QED) is 0.799. The van der Waals surface area contributed by atoms with Gasteiger partial charge in [-0.2, -0.15) is 0 Å². The minimum atomic E-state index is -0.164. The highest BCUT2D eigenvalue weighted by atomic mass is 16.5. The summed E-state index contributed by atoms with van der Waals surface area (Å²) in [5.41, 5.74) is 6.33. The van der Waals surface area contributed by atoms with Gasteiger partial charge in [-0.15, -0.1) is 0 Å². The number of pyridine rings is 1. The van der Waals surface area contributed by atoms with Crippen LogP contribution in [0, 0.1) is 0 Å². The van der Waals surface area contributed by atoms with Gasteiger partial charge in [-0.3, -0.25) is 4.79 Å². The molecule has 2 rings (SSSR count). The molecule has 0 aliphatic carbocycles. The number of nitrogens with zero attached hydrogens (tertiary/aromatic N) is 1. The van der Waals surface area contributed by atoms with Gasteiger partial charge in [-0.1, -0.05) is 24.3 Å². The number of amides is 1. The van der Waals surface area contributed by atoms with Crippen LogP contribution >= 0.6 is 0 Å². The Bertz CT molecular complexity index is 584. The fourth-order valence-corrected chi connectivity index (χ4v) is 1.87. The van der Waals surface area contributed by atoms with E-state index in [1.54, 1.807) is 0 Å². The van der Waals surface area contributed by atoms with E-state index in [1.807, 2.05) is 31.2 Å². The maximum Gasteiger partial charge on any atom is 0.253 e. The van der Waals surface area contributed by atoms with Crippen LogP contribution in [0.2, 0.25) is 0 Å². The zero-order valence-corrected chi connectivity index (χ0v) is 10.8. The lowest BCUT2D eigenvalue weighted by Crippen LogP contribution is -2.27. The normalized spacial score (nSPS) is 10.6. The molecule has 0 saturated heterocycles. The molecule has 1 amide bonds. The van der Waals surface area contributed by atoms with Crippen LogP contribution in [0.1, 0.15) is 17.3 Å². The monoisotopic (exact) mass is 259 g/mol. The summed E-state index contributed by atoms with van der Waals surface area (Å²) in [6.07, 6.45) is 1.51. The SMILES string of the molecule is CCOCCNC(=O)c1cnc(N)c2ccccc12. The number of carbonyl (C=O) groups is 1. The second-order valence-corrected chi connectivity index (χ2v) is 4.06. The molecular formula is C14H17N3O2. The molecule has 0 saturated carbocycles. The molecular weight excluding hydrogens is 242 g/mol. The maximum atomic E-state index is 12.1. The third-order valence-corrected chi connectivity index (χ3v) is 2.81. The van der Waals surface area contributed by atoms with Crippen molar-refractivity contribution in [3.63, 3.8) is 0 Å². The second kappa shape index (κ2) is 6.15. The molecule has 1 aromatic carbocycles. The zero-order chi connectivity index (χ0) is 13.7. The Morgan fingerprint density at radius 1 is 1.37 bits per heavy atom. The molecule has 1 aromatic heterocycles. The van der Waals surface area contributed by atoms with Gasteiger partial charge < -0.3 is 15.8 Å². The van der Waals surface area contributed by atoms with Crippen LogP contribution in [-0.4, -0.2) is 30.6 Å². The van der Waals surface area contributed by atoms with E-state index in [-0.39, 0.29) is 5.91 Å². The predicted molar refractivity (Wildman–Crippen MR) is 75.0 cm³/mol. The molecule has 3 N–H and O–H groups in total. The van der Waals surface area contributed by atoms with Crippen LogP contribution < -0.4 is 11.1 Å². The first-order valence-corrected chi connectivity index (χ1v) is 6.23. The minimum Gasteiger partial charge on any atom is -0.383 e. The number of aromatic nitrogens is 1. The molecule has 0 spiro atoms. The van der Waals surface area contributed by atoms with Crippen molar-refractivity contribution < 1.29 is 9.53 Å². The molecule has 0 bridgehead atoms. The average molecular weight is 259 g/mol. The van der Waals surface area contributed by atoms with E-state index in [4.69, 9.17) is 10.5 Å². The van der Waals surface area contributed by atoms with Crippen LogP contribution in [-0.2, 0) is 4.74 Å². The highest BCUT2D eigenvalue weighted by Gasteiger charge is 2.11. The van der Waals surface area contributed by atoms with Gasteiger partial charge in [-0.25, -0.2) is 4.98 Å². The summed E-state index contributed by atoms with van der Waals surface area (Å²) in [4.78, 5) is 16.1. The summed E-state index contributed by atoms with van der Waals surface area (Å²) in [5, 5.41) is 4.40. The fraction of sp³-hybridized carbons (Fsp3) is 0.286. The van der Waals surface area contributed by atoms with Gasteiger partial charge in [0, 0.05) is 24.7 Å². The van der Waals surface area contributed by atoms with Crippen LogP contribution in [0.15, 0.2) is 30.5 Å². The number of hydrogen-bond acceptors (Lipinski definition) is 4. The zero-order valence-electron chi connectivity index (χ0n) is 10.8. The second-order valence-electron chi connectivity index (χ2n) is 4.06. The van der Waals surface area contributed by atoms with Crippen molar-refractivity contribution in [2.75, 3.05) is 25.5 Å². The number of nitrogens with two attached hydrogens (primary N) is 1. The summed E-state index contributed by atoms with van der Waals surface area (Å²) in [7, 11) is 0. The Morgan fingerprint density at radius 2 is 2.11 bits per heavy atom. The minimum absolute atomic E-state index is 0.164. The maximum absolute atomic E-state index is 12.1. The Labute approximate surface area is 111 Å². The van der Waals surface area contributed by atoms with Crippen molar-refractivity contribution in [3.05, 3.63) is 36.0 Å². The van der Waals surface area contributed by atoms with Gasteiger partial charge in [0.25, 0.3) is 5.91 Å². The first-order chi connectivity index (χ1) is 9.24. The molecule has 0 aliphatic rings. The molecule has 5 heteroatoms. The Kier molecular flexibility index (Phi) is 4.30. The molecule has 2 aromatic rings. The van der Waals surface area contributed by atoms with Gasteiger partial charge in [0.15, 0.2) is 0 Å². The number of nitrogen functional groups attached to an aromatic ring is 1. The van der Waals surface area contributed by atoms with Crippen molar-refractivity contribution in [1.29, 1.82) is 0 Å². The Balaban J connectivity index is 2.20. The largest absolute Gasteiger partial charge is 0.383 e. The number of carbonyl (C=O) groups excluding carboxylic acids is 1. The Hall–Kier alpha value is -2.14. The van der Waals surface area contributed by atoms with Crippen LogP contribution in [0.25, 0.3) is 10.8 Å². The summed E-state index contributed by atoms with van der Waals surface area (Å²) in [6, 6.07) is 7.47. The molecule has 5 nitrogen and oxygen atoms in total. The van der Waals surface area contributed by atoms with Gasteiger partial charge in [0.1, 0.15) is 5.82 Å². The summed E-state index contributed by atoms with van der Waals surface area (Å²) < 4.78 is 5.18. The lowest BCUT2D eigenvalue weighted by molar-refractivity contribution is 0.0924. The van der Waals surface area contributed by atoms with Gasteiger partial charge >= 0.3 is 0 Å². The molecule has 100 valence electrons. The highest BCUT2D eigenvalue weighted by Crippen LogP contribution is 2.22. The number of benzene rings is 1. The van der Waals surface area contributed by atoms with Crippen molar-refractivity contribution in [2.24, 2.45) is 0 Å². The van der Waals surface area contributed by atoms with Crippen molar-refractivity contribution in [2.45, 2.75) is 6.92 Å². The third-order valence-electron chi connectivity index (χ3n) is 2.81. The van der Waals surface area contributed by atoms with Crippen molar-refractivity contribution >= 4 is 22.5 Å². The average Bonchev–Trinajstić information content (AvgIpc) is 2.44. The topological polar surface area (TPSA) is 77.2 Å². The summed E-state index contributed by atoms with van der Waals surface area (Å²) in [6.45, 7) is 3.54. The van der Waals surface area contributed by atoms with E-state index in [1.165, 1.54) is 6.20 Å². The number of nitrogens with one attached hydrogen (secondary N) is 1. The summed E-state index contributed by atoms with van der Waals surface area (Å²) in [5.74, 6) is 0.268. The number of rotatable bonds is 5. The lowest BCUT2D eigenvalue weighted by Gasteiger charge is -2.09. The number of ether oxygens (including phenoxy) is 1. The number of hydrogen-bond donors (Lipinski definition) is 2. The molecule has 19 heavy (non-hydrogen) atoms. The van der Waals surface area contributed by atoms with Crippen molar-refractivity contribution in [3.8, 4) is 0 Å². The molecule has 0 radical (unpaired) electrons. The Morgan fingerprint density at radius 3 is 2.84 bits per heavy atom. The molecule has 0 aliphatic heterocycles. The van der Waals surface area contributed by atoms with E-state index >= 15 is 0 Å². The van der Waals surface area contributed by atoms with E-state index in [0.29, 0.717) is 31.1 Å². The smallest absolute Gasteiger partial charge is 0.253 e. The predicted octanol–water partition coefficient (Wildman–Crippen LogP) is 1.58. The van der Waals surface area contributed by atoms with E-state index in [0.717, 1.165) is 10.8 Å². The van der Waals surface area contributed by atoms with Gasteiger partial charge in [0.2, 0.25) is 0 Å². The summed E-state index contributed by atoms with van der Waals surface area (Å²) >= 11 is 0. The first-order valence-electron chi connectivity index (χ1n) is 6.23. The lowest BCUT2D eigenvalue weighted by atomic mass is 10.1. The third kappa shape index (κ3) is 3.00. The van der Waals surface area contributed by atoms with Crippen molar-refractivity contribution in [1.82, 2.24) is 10.3 Å². The molecule has 0 unspecified atom stereocenters. The van der Waals surface area contributed by atoms with E-state index in [2.05, 4.69) is 10.3 Å². The molecule has 0 fully saturated rings. The first kappa shape index (κ1) is 13.3. The highest BCUT2D eigenvalue weighted by molar-refractivity contribution is 6.08. The van der Waals surface area contributed by atoms with Crippen LogP contribution in [0.5, 0.6) is 0 Å². The fourth-order valence-electron chi connectivity index (χ4n) is 1.87. The van der Waals surface area contributed by atoms with Crippen LogP contribution in [0.3, 0.4) is 0 Å². The standard InChI is InChI=1S/C14H17N3O2/c1-2-19-8-7-16-14(18)12-9-17-13(15)11-6-4-3-5-10(11)12/h3-6,9H,2,7-8H2,1H3,(H2,15,17)(H,16,18). The van der Waals surface area contributed by atoms with Crippen LogP contribution in [0.4, 0.5) is 5.82 Å². The van der Waals surface area contributed by atoms with E-state index < -0.39 is 0 Å². The number of fused-ring (bicyclic) bond motifs is 1. The molecule has 1 heterocycles. The van der Waals surface area contributed by atoms with Gasteiger partial charge in [-0.05, 0) is 12.3 Å². The molecule has 0 atom stereocenters. The number of anilines is 1. The van der Waals surface area contributed by atoms with E-state index in [9.17, 15) is 4.79 Å².